The Morgan fingerprint density at radius 3 is 2.58 bits per heavy atom. The minimum Gasteiger partial charge on any atom is -0.393 e. The first-order valence-electron chi connectivity index (χ1n) is 12.5. The highest BCUT2D eigenvalue weighted by Gasteiger charge is 2.59. The Hall–Kier alpha value is -1.67. The molecule has 5 rings (SSSR count). The lowest BCUT2D eigenvalue weighted by molar-refractivity contribution is -0.124. The highest BCUT2D eigenvalue weighted by atomic mass is 16.3. The zero-order chi connectivity index (χ0) is 21.8. The van der Waals surface area contributed by atoms with Crippen molar-refractivity contribution < 1.29 is 9.90 Å². The fraction of sp³-hybridized carbons (Fsp3) is 0.621. The number of ketones is 1. The summed E-state index contributed by atoms with van der Waals surface area (Å²) in [6.07, 6.45) is 15.0. The molecular formula is C29H38O2. The van der Waals surface area contributed by atoms with Gasteiger partial charge in [-0.1, -0.05) is 61.4 Å². The van der Waals surface area contributed by atoms with Gasteiger partial charge >= 0.3 is 0 Å². The summed E-state index contributed by atoms with van der Waals surface area (Å²) < 4.78 is 0. The molecule has 1 aromatic rings. The number of carbonyl (C=O) groups excluding carboxylic acids is 1. The van der Waals surface area contributed by atoms with Gasteiger partial charge in [0, 0.05) is 5.92 Å². The van der Waals surface area contributed by atoms with E-state index in [-0.39, 0.29) is 22.9 Å². The van der Waals surface area contributed by atoms with Crippen molar-refractivity contribution in [2.24, 2.45) is 34.5 Å². The molecule has 0 heterocycles. The first kappa shape index (κ1) is 21.2. The minimum atomic E-state index is -0.140. The second kappa shape index (κ2) is 7.73. The highest BCUT2D eigenvalue weighted by Crippen LogP contribution is 2.66. The molecule has 4 aliphatic carbocycles. The molecule has 3 saturated carbocycles. The lowest BCUT2D eigenvalue weighted by atomic mass is 9.47. The average molecular weight is 419 g/mol. The quantitative estimate of drug-likeness (QED) is 0.448. The van der Waals surface area contributed by atoms with Crippen molar-refractivity contribution >= 4 is 11.9 Å². The van der Waals surface area contributed by atoms with E-state index in [0.717, 1.165) is 43.6 Å². The number of allylic oxidation sites excluding steroid dienone is 2. The number of carbonyl (C=O) groups is 1. The van der Waals surface area contributed by atoms with Gasteiger partial charge in [-0.25, -0.2) is 0 Å². The minimum absolute atomic E-state index is 0.140. The molecule has 0 aromatic heterocycles. The monoisotopic (exact) mass is 418 g/mol. The van der Waals surface area contributed by atoms with Crippen molar-refractivity contribution in [3.05, 3.63) is 53.1 Å². The van der Waals surface area contributed by atoms with Gasteiger partial charge in [-0.05, 0) is 98.5 Å². The van der Waals surface area contributed by atoms with Crippen molar-refractivity contribution in [3.63, 3.8) is 0 Å². The molecule has 2 nitrogen and oxygen atoms in total. The smallest absolute Gasteiger partial charge is 0.159 e. The second-order valence-corrected chi connectivity index (χ2v) is 11.5. The van der Waals surface area contributed by atoms with E-state index in [1.807, 2.05) is 12.2 Å². The molecule has 0 saturated heterocycles. The number of aryl methyl sites for hydroxylation is 1. The Balaban J connectivity index is 1.35. The molecule has 166 valence electrons. The lowest BCUT2D eigenvalue weighted by Crippen LogP contribution is -2.50. The van der Waals surface area contributed by atoms with Crippen LogP contribution in [0.3, 0.4) is 0 Å². The molecule has 31 heavy (non-hydrogen) atoms. The summed E-state index contributed by atoms with van der Waals surface area (Å²) in [5, 5.41) is 10.2. The third kappa shape index (κ3) is 3.46. The van der Waals surface area contributed by atoms with E-state index in [1.165, 1.54) is 30.4 Å². The standard InChI is InChI=1S/C29H38O2/c1-19-4-6-20(7-5-19)8-13-27(31)26-12-11-24-23-10-9-21-18-22(30)14-16-28(21,2)25(23)15-17-29(24,26)3/h4-9,13,22-26,30H,10-12,14-18H2,1-3H3/b13-8+/t22-,23-,24-,25-,26+,28-,29-/m0/s1. The second-order valence-electron chi connectivity index (χ2n) is 11.5. The normalized spacial score (nSPS) is 41.9. The molecule has 2 heteroatoms. The van der Waals surface area contributed by atoms with Gasteiger partial charge in [-0.15, -0.1) is 0 Å². The Kier molecular flexibility index (Phi) is 5.28. The molecule has 1 N–H and O–H groups in total. The summed E-state index contributed by atoms with van der Waals surface area (Å²) in [5.41, 5.74) is 4.31. The van der Waals surface area contributed by atoms with E-state index in [0.29, 0.717) is 17.6 Å². The molecule has 0 aliphatic heterocycles. The summed E-state index contributed by atoms with van der Waals surface area (Å²) in [4.78, 5) is 13.3. The van der Waals surface area contributed by atoms with Crippen molar-refractivity contribution in [2.45, 2.75) is 78.2 Å². The maximum absolute atomic E-state index is 13.3. The first-order chi connectivity index (χ1) is 14.8. The van der Waals surface area contributed by atoms with Crippen LogP contribution < -0.4 is 0 Å². The molecule has 1 aromatic carbocycles. The molecule has 7 atom stereocenters. The van der Waals surface area contributed by atoms with Crippen LogP contribution in [0.25, 0.3) is 6.08 Å². The molecule has 4 aliphatic rings. The number of aliphatic hydroxyl groups excluding tert-OH is 1. The van der Waals surface area contributed by atoms with Gasteiger partial charge in [-0.3, -0.25) is 4.79 Å². The van der Waals surface area contributed by atoms with Crippen LogP contribution in [0.4, 0.5) is 0 Å². The number of fused-ring (bicyclic) bond motifs is 5. The Labute approximate surface area is 187 Å². The molecular weight excluding hydrogens is 380 g/mol. The van der Waals surface area contributed by atoms with Crippen molar-refractivity contribution in [1.82, 2.24) is 0 Å². The van der Waals surface area contributed by atoms with Gasteiger partial charge in [0.2, 0.25) is 0 Å². The highest BCUT2D eigenvalue weighted by molar-refractivity contribution is 5.96. The number of aliphatic hydroxyl groups is 1. The number of benzene rings is 1. The van der Waals surface area contributed by atoms with Crippen molar-refractivity contribution in [1.29, 1.82) is 0 Å². The maximum Gasteiger partial charge on any atom is 0.159 e. The molecule has 0 spiro atoms. The molecule has 0 unspecified atom stereocenters. The van der Waals surface area contributed by atoms with Crippen LogP contribution in [-0.2, 0) is 4.79 Å². The third-order valence-corrected chi connectivity index (χ3v) is 9.94. The number of hydrogen-bond donors (Lipinski definition) is 1. The van der Waals surface area contributed by atoms with Gasteiger partial charge in [-0.2, -0.15) is 0 Å². The van der Waals surface area contributed by atoms with Gasteiger partial charge in [0.15, 0.2) is 5.78 Å². The molecule has 3 fully saturated rings. The van der Waals surface area contributed by atoms with Crippen LogP contribution in [0.5, 0.6) is 0 Å². The summed E-state index contributed by atoms with van der Waals surface area (Å²) in [5.74, 6) is 2.61. The van der Waals surface area contributed by atoms with Crippen LogP contribution in [-0.4, -0.2) is 17.0 Å². The van der Waals surface area contributed by atoms with Crippen LogP contribution >= 0.6 is 0 Å². The number of hydrogen-bond acceptors (Lipinski definition) is 2. The summed E-state index contributed by atoms with van der Waals surface area (Å²) in [7, 11) is 0. The van der Waals surface area contributed by atoms with E-state index in [2.05, 4.69) is 51.1 Å². The Bertz CT molecular complexity index is 909. The predicted octanol–water partition coefficient (Wildman–Crippen LogP) is 6.52. The fourth-order valence-electron chi connectivity index (χ4n) is 8.08. The molecule has 0 amide bonds. The SMILES string of the molecule is Cc1ccc(/C=C/C(=O)[C@H]2CC[C@H]3[C@@H]4CC=C5C[C@@H](O)CC[C@]5(C)[C@H]4CC[C@]23C)cc1. The van der Waals surface area contributed by atoms with Crippen molar-refractivity contribution in [3.8, 4) is 0 Å². The molecule has 0 bridgehead atoms. The first-order valence-corrected chi connectivity index (χ1v) is 12.5. The lowest BCUT2D eigenvalue weighted by Gasteiger charge is -2.57. The predicted molar refractivity (Wildman–Crippen MR) is 126 cm³/mol. The summed E-state index contributed by atoms with van der Waals surface area (Å²) >= 11 is 0. The van der Waals surface area contributed by atoms with Crippen molar-refractivity contribution in [2.75, 3.05) is 0 Å². The zero-order valence-corrected chi connectivity index (χ0v) is 19.4. The Morgan fingerprint density at radius 2 is 1.81 bits per heavy atom. The van der Waals surface area contributed by atoms with E-state index >= 15 is 0 Å². The van der Waals surface area contributed by atoms with E-state index in [4.69, 9.17) is 0 Å². The van der Waals surface area contributed by atoms with E-state index < -0.39 is 0 Å². The topological polar surface area (TPSA) is 37.3 Å². The van der Waals surface area contributed by atoms with Gasteiger partial charge in [0.1, 0.15) is 0 Å². The summed E-state index contributed by atoms with van der Waals surface area (Å²) in [6.45, 7) is 7.00. The summed E-state index contributed by atoms with van der Waals surface area (Å²) in [6, 6.07) is 8.40. The van der Waals surface area contributed by atoms with Crippen LogP contribution in [0.15, 0.2) is 42.0 Å². The maximum atomic E-state index is 13.3. The third-order valence-electron chi connectivity index (χ3n) is 9.94. The Morgan fingerprint density at radius 1 is 1.03 bits per heavy atom. The van der Waals surface area contributed by atoms with Crippen LogP contribution in [0.1, 0.15) is 76.3 Å². The average Bonchev–Trinajstić information content (AvgIpc) is 3.11. The van der Waals surface area contributed by atoms with Crippen LogP contribution in [0.2, 0.25) is 0 Å². The van der Waals surface area contributed by atoms with Gasteiger partial charge < -0.3 is 5.11 Å². The van der Waals surface area contributed by atoms with E-state index in [9.17, 15) is 9.90 Å². The zero-order valence-electron chi connectivity index (χ0n) is 19.4. The number of rotatable bonds is 3. The van der Waals surface area contributed by atoms with Gasteiger partial charge in [0.05, 0.1) is 6.10 Å². The largest absolute Gasteiger partial charge is 0.393 e. The fourth-order valence-corrected chi connectivity index (χ4v) is 8.08. The molecule has 0 radical (unpaired) electrons. The van der Waals surface area contributed by atoms with Crippen LogP contribution in [0, 0.1) is 41.4 Å². The van der Waals surface area contributed by atoms with Gasteiger partial charge in [0.25, 0.3) is 0 Å². The van der Waals surface area contributed by atoms with E-state index in [1.54, 1.807) is 0 Å².